The van der Waals surface area contributed by atoms with E-state index in [1.165, 1.54) is 0 Å². The van der Waals surface area contributed by atoms with Crippen molar-refractivity contribution in [1.82, 2.24) is 14.4 Å². The van der Waals surface area contributed by atoms with Gasteiger partial charge in [-0.15, -0.1) is 0 Å². The number of benzene rings is 1. The summed E-state index contributed by atoms with van der Waals surface area (Å²) in [6.07, 6.45) is 6.93. The zero-order valence-electron chi connectivity index (χ0n) is 12.7. The van der Waals surface area contributed by atoms with Crippen LogP contribution in [-0.2, 0) is 4.79 Å². The molecule has 0 saturated heterocycles. The third-order valence-corrected chi connectivity index (χ3v) is 3.52. The number of nitrogens with one attached hydrogen (secondary N) is 1. The molecule has 1 amide bonds. The first kappa shape index (κ1) is 14.3. The van der Waals surface area contributed by atoms with Crippen LogP contribution in [0.25, 0.3) is 17.0 Å². The normalized spacial score (nSPS) is 10.8. The molecule has 0 aliphatic carbocycles. The minimum absolute atomic E-state index is 0.0411. The molecule has 3 aromatic rings. The number of imidazole rings is 1. The van der Waals surface area contributed by atoms with Crippen molar-refractivity contribution in [3.05, 3.63) is 48.4 Å². The lowest BCUT2D eigenvalue weighted by Crippen LogP contribution is -2.11. The number of amides is 1. The third-order valence-electron chi connectivity index (χ3n) is 3.52. The molecule has 0 aliphatic rings. The van der Waals surface area contributed by atoms with Crippen LogP contribution >= 0.6 is 0 Å². The van der Waals surface area contributed by atoms with Crippen LogP contribution < -0.4 is 5.32 Å². The van der Waals surface area contributed by atoms with E-state index in [-0.39, 0.29) is 5.91 Å². The fourth-order valence-corrected chi connectivity index (χ4v) is 2.32. The Bertz CT molecular complexity index is 789. The average molecular weight is 294 g/mol. The van der Waals surface area contributed by atoms with Crippen LogP contribution in [0.3, 0.4) is 0 Å². The van der Waals surface area contributed by atoms with Crippen molar-refractivity contribution in [2.45, 2.75) is 26.7 Å². The van der Waals surface area contributed by atoms with E-state index in [0.717, 1.165) is 28.9 Å². The summed E-state index contributed by atoms with van der Waals surface area (Å²) in [6.45, 7) is 3.98. The van der Waals surface area contributed by atoms with Gasteiger partial charge >= 0.3 is 0 Å². The van der Waals surface area contributed by atoms with Crippen molar-refractivity contribution in [2.75, 3.05) is 5.32 Å². The smallest absolute Gasteiger partial charge is 0.234 e. The number of anilines is 1. The summed E-state index contributed by atoms with van der Waals surface area (Å²) in [4.78, 5) is 20.5. The summed E-state index contributed by atoms with van der Waals surface area (Å²) in [7, 11) is 0. The van der Waals surface area contributed by atoms with Gasteiger partial charge in [-0.05, 0) is 31.0 Å². The van der Waals surface area contributed by atoms with Gasteiger partial charge in [0.2, 0.25) is 11.7 Å². The van der Waals surface area contributed by atoms with Crippen molar-refractivity contribution in [3.8, 4) is 11.3 Å². The number of aryl methyl sites for hydroxylation is 1. The van der Waals surface area contributed by atoms with Gasteiger partial charge in [0.1, 0.15) is 0 Å². The lowest BCUT2D eigenvalue weighted by atomic mass is 10.1. The van der Waals surface area contributed by atoms with E-state index < -0.39 is 0 Å². The number of carbonyl (C=O) groups is 1. The molecule has 0 radical (unpaired) electrons. The van der Waals surface area contributed by atoms with E-state index in [4.69, 9.17) is 0 Å². The number of hydrogen-bond donors (Lipinski definition) is 1. The Morgan fingerprint density at radius 1 is 1.36 bits per heavy atom. The zero-order valence-corrected chi connectivity index (χ0v) is 12.7. The van der Waals surface area contributed by atoms with Crippen LogP contribution in [0.4, 0.5) is 5.69 Å². The molecular weight excluding hydrogens is 276 g/mol. The number of hydrogen-bond acceptors (Lipinski definition) is 3. The lowest BCUT2D eigenvalue weighted by molar-refractivity contribution is -0.116. The highest BCUT2D eigenvalue weighted by molar-refractivity contribution is 5.92. The van der Waals surface area contributed by atoms with E-state index in [2.05, 4.69) is 15.3 Å². The van der Waals surface area contributed by atoms with Gasteiger partial charge in [-0.2, -0.15) is 0 Å². The second-order valence-electron chi connectivity index (χ2n) is 5.28. The molecule has 0 unspecified atom stereocenters. The monoisotopic (exact) mass is 294 g/mol. The first-order valence-corrected chi connectivity index (χ1v) is 7.38. The third kappa shape index (κ3) is 2.83. The topological polar surface area (TPSA) is 59.3 Å². The molecule has 112 valence electrons. The first-order chi connectivity index (χ1) is 10.7. The maximum absolute atomic E-state index is 11.8. The Morgan fingerprint density at radius 3 is 3.00 bits per heavy atom. The fourth-order valence-electron chi connectivity index (χ4n) is 2.32. The van der Waals surface area contributed by atoms with Crippen molar-refractivity contribution in [3.63, 3.8) is 0 Å². The molecule has 2 heterocycles. The standard InChI is InChI=1S/C17H18N4O/c1-3-5-16(22)19-14-10-13(7-6-12(14)2)15-11-21-9-4-8-18-17(21)20-15/h4,6-11H,3,5H2,1-2H3,(H,19,22). The zero-order chi connectivity index (χ0) is 15.5. The summed E-state index contributed by atoms with van der Waals surface area (Å²) < 4.78 is 1.88. The fraction of sp³-hybridized carbons (Fsp3) is 0.235. The molecule has 0 bridgehead atoms. The molecular formula is C17H18N4O. The second kappa shape index (κ2) is 5.97. The summed E-state index contributed by atoms with van der Waals surface area (Å²) >= 11 is 0. The van der Waals surface area contributed by atoms with Crippen LogP contribution in [0.2, 0.25) is 0 Å². The molecule has 3 rings (SSSR count). The maximum Gasteiger partial charge on any atom is 0.234 e. The Kier molecular flexibility index (Phi) is 3.87. The molecule has 0 spiro atoms. The number of nitrogens with zero attached hydrogens (tertiary/aromatic N) is 3. The van der Waals surface area contributed by atoms with Crippen molar-refractivity contribution in [2.24, 2.45) is 0 Å². The van der Waals surface area contributed by atoms with Gasteiger partial charge in [-0.25, -0.2) is 9.97 Å². The SMILES string of the molecule is CCCC(=O)Nc1cc(-c2cn3cccnc3n2)ccc1C. The highest BCUT2D eigenvalue weighted by Crippen LogP contribution is 2.25. The molecule has 0 atom stereocenters. The van der Waals surface area contributed by atoms with Crippen LogP contribution in [0.1, 0.15) is 25.3 Å². The lowest BCUT2D eigenvalue weighted by Gasteiger charge is -2.09. The second-order valence-corrected chi connectivity index (χ2v) is 5.28. The van der Waals surface area contributed by atoms with Gasteiger partial charge in [0.15, 0.2) is 0 Å². The highest BCUT2D eigenvalue weighted by atomic mass is 16.1. The number of aromatic nitrogens is 3. The van der Waals surface area contributed by atoms with Crippen molar-refractivity contribution in [1.29, 1.82) is 0 Å². The predicted molar refractivity (Wildman–Crippen MR) is 86.7 cm³/mol. The number of fused-ring (bicyclic) bond motifs is 1. The molecule has 5 nitrogen and oxygen atoms in total. The summed E-state index contributed by atoms with van der Waals surface area (Å²) in [6, 6.07) is 7.83. The summed E-state index contributed by atoms with van der Waals surface area (Å²) in [5, 5.41) is 2.97. The van der Waals surface area contributed by atoms with Gasteiger partial charge in [0.25, 0.3) is 0 Å². The van der Waals surface area contributed by atoms with Crippen LogP contribution in [0.15, 0.2) is 42.9 Å². The summed E-state index contributed by atoms with van der Waals surface area (Å²) in [5.41, 5.74) is 3.67. The van der Waals surface area contributed by atoms with E-state index in [1.807, 2.05) is 54.9 Å². The number of carbonyl (C=O) groups excluding carboxylic acids is 1. The van der Waals surface area contributed by atoms with Crippen LogP contribution in [0.5, 0.6) is 0 Å². The molecule has 1 aromatic carbocycles. The van der Waals surface area contributed by atoms with Crippen LogP contribution in [0, 0.1) is 6.92 Å². The van der Waals surface area contributed by atoms with Crippen molar-refractivity contribution < 1.29 is 4.79 Å². The first-order valence-electron chi connectivity index (χ1n) is 7.38. The van der Waals surface area contributed by atoms with Crippen molar-refractivity contribution >= 4 is 17.4 Å². The van der Waals surface area contributed by atoms with E-state index in [1.54, 1.807) is 6.20 Å². The van der Waals surface area contributed by atoms with Gasteiger partial charge < -0.3 is 5.32 Å². The maximum atomic E-state index is 11.8. The highest BCUT2D eigenvalue weighted by Gasteiger charge is 2.09. The van der Waals surface area contributed by atoms with E-state index in [0.29, 0.717) is 12.2 Å². The molecule has 1 N–H and O–H groups in total. The quantitative estimate of drug-likeness (QED) is 0.802. The Hall–Kier alpha value is -2.69. The Labute approximate surface area is 129 Å². The Balaban J connectivity index is 1.95. The Morgan fingerprint density at radius 2 is 2.23 bits per heavy atom. The molecule has 2 aromatic heterocycles. The largest absolute Gasteiger partial charge is 0.326 e. The minimum Gasteiger partial charge on any atom is -0.326 e. The molecule has 0 aliphatic heterocycles. The van der Waals surface area contributed by atoms with Gasteiger partial charge in [-0.3, -0.25) is 9.20 Å². The van der Waals surface area contributed by atoms with E-state index >= 15 is 0 Å². The summed E-state index contributed by atoms with van der Waals surface area (Å²) in [5.74, 6) is 0.703. The van der Waals surface area contributed by atoms with Gasteiger partial charge in [0.05, 0.1) is 5.69 Å². The average Bonchev–Trinajstić information content (AvgIpc) is 2.93. The number of rotatable bonds is 4. The molecule has 5 heteroatoms. The minimum atomic E-state index is 0.0411. The van der Waals surface area contributed by atoms with Gasteiger partial charge in [0, 0.05) is 36.3 Å². The molecule has 0 saturated carbocycles. The van der Waals surface area contributed by atoms with E-state index in [9.17, 15) is 4.79 Å². The van der Waals surface area contributed by atoms with Crippen LogP contribution in [-0.4, -0.2) is 20.3 Å². The van der Waals surface area contributed by atoms with Gasteiger partial charge in [-0.1, -0.05) is 19.1 Å². The predicted octanol–water partition coefficient (Wildman–Crippen LogP) is 3.44. The molecule has 0 fully saturated rings. The molecule has 22 heavy (non-hydrogen) atoms.